The van der Waals surface area contributed by atoms with E-state index in [0.717, 1.165) is 5.56 Å². The largest absolute Gasteiger partial charge is 0.480 e. The molecule has 2 unspecified atom stereocenters. The number of aliphatic carboxylic acids is 1. The third-order valence-electron chi connectivity index (χ3n) is 3.71. The zero-order valence-corrected chi connectivity index (χ0v) is 14.1. The average molecular weight is 336 g/mol. The van der Waals surface area contributed by atoms with Crippen LogP contribution in [0.1, 0.15) is 32.8 Å². The standard InChI is InChI=1S/C17H24N2O5/c1-4-11(2)14(15(20)18-12(3)16(21)22)19-17(23)24-10-13-8-6-5-7-9-13/h5-9,11-12,14H,4,10H2,1-3H3,(H,18,20)(H,19,23)(H,21,22)/t11?,12-,14?/m0/s1. The maximum Gasteiger partial charge on any atom is 0.408 e. The maximum absolute atomic E-state index is 12.2. The lowest BCUT2D eigenvalue weighted by atomic mass is 9.98. The fourth-order valence-corrected chi connectivity index (χ4v) is 1.96. The molecule has 3 atom stereocenters. The minimum absolute atomic E-state index is 0.0903. The van der Waals surface area contributed by atoms with Gasteiger partial charge >= 0.3 is 12.1 Å². The number of carbonyl (C=O) groups excluding carboxylic acids is 2. The summed E-state index contributed by atoms with van der Waals surface area (Å²) < 4.78 is 5.11. The predicted octanol–water partition coefficient (Wildman–Crippen LogP) is 1.92. The molecule has 0 spiro atoms. The second-order valence-corrected chi connectivity index (χ2v) is 5.64. The van der Waals surface area contributed by atoms with Gasteiger partial charge in [-0.25, -0.2) is 4.79 Å². The second-order valence-electron chi connectivity index (χ2n) is 5.64. The maximum atomic E-state index is 12.2. The Balaban J connectivity index is 2.63. The van der Waals surface area contributed by atoms with E-state index in [0.29, 0.717) is 6.42 Å². The molecular weight excluding hydrogens is 312 g/mol. The molecule has 0 saturated heterocycles. The molecule has 3 N–H and O–H groups in total. The van der Waals surface area contributed by atoms with Gasteiger partial charge in [0.15, 0.2) is 0 Å². The second kappa shape index (κ2) is 9.54. The van der Waals surface area contributed by atoms with E-state index >= 15 is 0 Å². The van der Waals surface area contributed by atoms with Crippen LogP contribution >= 0.6 is 0 Å². The Morgan fingerprint density at radius 3 is 2.29 bits per heavy atom. The first-order chi connectivity index (χ1) is 11.3. The fraction of sp³-hybridized carbons (Fsp3) is 0.471. The van der Waals surface area contributed by atoms with Crippen LogP contribution in [0.25, 0.3) is 0 Å². The quantitative estimate of drug-likeness (QED) is 0.673. The van der Waals surface area contributed by atoms with Gasteiger partial charge in [-0.3, -0.25) is 9.59 Å². The lowest BCUT2D eigenvalue weighted by Crippen LogP contribution is -2.53. The van der Waals surface area contributed by atoms with Crippen molar-refractivity contribution in [2.75, 3.05) is 0 Å². The highest BCUT2D eigenvalue weighted by Crippen LogP contribution is 2.09. The highest BCUT2D eigenvalue weighted by molar-refractivity contribution is 5.89. The van der Waals surface area contributed by atoms with Crippen LogP contribution in [0.3, 0.4) is 0 Å². The van der Waals surface area contributed by atoms with Crippen molar-refractivity contribution < 1.29 is 24.2 Å². The molecule has 7 nitrogen and oxygen atoms in total. The Labute approximate surface area is 141 Å². The Bertz CT molecular complexity index is 561. The first-order valence-electron chi connectivity index (χ1n) is 7.85. The molecule has 7 heteroatoms. The van der Waals surface area contributed by atoms with E-state index in [-0.39, 0.29) is 12.5 Å². The smallest absolute Gasteiger partial charge is 0.408 e. The van der Waals surface area contributed by atoms with Crippen LogP contribution in [-0.4, -0.2) is 35.2 Å². The van der Waals surface area contributed by atoms with Crippen molar-refractivity contribution in [3.8, 4) is 0 Å². The van der Waals surface area contributed by atoms with Crippen molar-refractivity contribution in [2.45, 2.75) is 45.9 Å². The highest BCUT2D eigenvalue weighted by Gasteiger charge is 2.28. The van der Waals surface area contributed by atoms with Gasteiger partial charge in [-0.15, -0.1) is 0 Å². The van der Waals surface area contributed by atoms with E-state index in [4.69, 9.17) is 9.84 Å². The molecular formula is C17H24N2O5. The molecule has 0 aliphatic rings. The molecule has 132 valence electrons. The van der Waals surface area contributed by atoms with Gasteiger partial charge < -0.3 is 20.5 Å². The molecule has 0 aliphatic carbocycles. The minimum atomic E-state index is -1.14. The summed E-state index contributed by atoms with van der Waals surface area (Å²) in [6.07, 6.45) is -0.0827. The number of carboxylic acid groups (broad SMARTS) is 1. The normalized spacial score (nSPS) is 14.1. The van der Waals surface area contributed by atoms with Gasteiger partial charge in [0.1, 0.15) is 18.7 Å². The Morgan fingerprint density at radius 2 is 1.75 bits per heavy atom. The van der Waals surface area contributed by atoms with Gasteiger partial charge in [0.25, 0.3) is 0 Å². The van der Waals surface area contributed by atoms with Crippen molar-refractivity contribution in [3.63, 3.8) is 0 Å². The van der Waals surface area contributed by atoms with Crippen molar-refractivity contribution in [1.82, 2.24) is 10.6 Å². The number of nitrogens with one attached hydrogen (secondary N) is 2. The summed E-state index contributed by atoms with van der Waals surface area (Å²) in [5.74, 6) is -1.86. The zero-order chi connectivity index (χ0) is 18.1. The molecule has 24 heavy (non-hydrogen) atoms. The molecule has 0 bridgehead atoms. The summed E-state index contributed by atoms with van der Waals surface area (Å²) in [5, 5.41) is 13.8. The SMILES string of the molecule is CCC(C)C(NC(=O)OCc1ccccc1)C(=O)N[C@@H](C)C(=O)O. The minimum Gasteiger partial charge on any atom is -0.480 e. The van der Waals surface area contributed by atoms with Crippen LogP contribution in [0.15, 0.2) is 30.3 Å². The highest BCUT2D eigenvalue weighted by atomic mass is 16.5. The summed E-state index contributed by atoms with van der Waals surface area (Å²) in [6.45, 7) is 5.13. The summed E-state index contributed by atoms with van der Waals surface area (Å²) in [7, 11) is 0. The van der Waals surface area contributed by atoms with Gasteiger partial charge in [0, 0.05) is 0 Å². The number of amides is 2. The molecule has 1 rings (SSSR count). The predicted molar refractivity (Wildman–Crippen MR) is 88.2 cm³/mol. The van der Waals surface area contributed by atoms with E-state index < -0.39 is 30.1 Å². The van der Waals surface area contributed by atoms with E-state index in [1.807, 2.05) is 37.3 Å². The molecule has 0 saturated carbocycles. The van der Waals surface area contributed by atoms with E-state index in [1.165, 1.54) is 6.92 Å². The summed E-state index contributed by atoms with van der Waals surface area (Å²) in [5.41, 5.74) is 0.830. The van der Waals surface area contributed by atoms with Gasteiger partial charge in [-0.05, 0) is 18.4 Å². The molecule has 1 aromatic carbocycles. The van der Waals surface area contributed by atoms with Crippen LogP contribution in [-0.2, 0) is 20.9 Å². The van der Waals surface area contributed by atoms with Gasteiger partial charge in [0.05, 0.1) is 0 Å². The van der Waals surface area contributed by atoms with Crippen LogP contribution in [0.5, 0.6) is 0 Å². The molecule has 0 heterocycles. The van der Waals surface area contributed by atoms with Gasteiger partial charge in [-0.2, -0.15) is 0 Å². The van der Waals surface area contributed by atoms with Crippen LogP contribution in [0.4, 0.5) is 4.79 Å². The molecule has 0 radical (unpaired) electrons. The third kappa shape index (κ3) is 6.28. The monoisotopic (exact) mass is 336 g/mol. The van der Waals surface area contributed by atoms with Crippen LogP contribution in [0.2, 0.25) is 0 Å². The summed E-state index contributed by atoms with van der Waals surface area (Å²) in [6, 6.07) is 7.27. The van der Waals surface area contributed by atoms with Gasteiger partial charge in [0.2, 0.25) is 5.91 Å². The van der Waals surface area contributed by atoms with Crippen molar-refractivity contribution >= 4 is 18.0 Å². The van der Waals surface area contributed by atoms with E-state index in [9.17, 15) is 14.4 Å². The van der Waals surface area contributed by atoms with E-state index in [1.54, 1.807) is 6.92 Å². The molecule has 0 aliphatic heterocycles. The summed E-state index contributed by atoms with van der Waals surface area (Å²) >= 11 is 0. The molecule has 0 aromatic heterocycles. The summed E-state index contributed by atoms with van der Waals surface area (Å²) in [4.78, 5) is 35.0. The number of alkyl carbamates (subject to hydrolysis) is 1. The number of carboxylic acids is 1. The zero-order valence-electron chi connectivity index (χ0n) is 14.1. The van der Waals surface area contributed by atoms with Crippen molar-refractivity contribution in [1.29, 1.82) is 0 Å². The Kier molecular flexibility index (Phi) is 7.74. The molecule has 2 amide bonds. The number of carbonyl (C=O) groups is 3. The number of hydrogen-bond acceptors (Lipinski definition) is 4. The van der Waals surface area contributed by atoms with Crippen molar-refractivity contribution in [3.05, 3.63) is 35.9 Å². The number of ether oxygens (including phenoxy) is 1. The average Bonchev–Trinajstić information content (AvgIpc) is 2.57. The molecule has 0 fully saturated rings. The lowest BCUT2D eigenvalue weighted by Gasteiger charge is -2.24. The van der Waals surface area contributed by atoms with Gasteiger partial charge in [-0.1, -0.05) is 50.6 Å². The lowest BCUT2D eigenvalue weighted by molar-refractivity contribution is -0.141. The first-order valence-corrected chi connectivity index (χ1v) is 7.85. The van der Waals surface area contributed by atoms with Crippen molar-refractivity contribution in [2.24, 2.45) is 5.92 Å². The third-order valence-corrected chi connectivity index (χ3v) is 3.71. The Morgan fingerprint density at radius 1 is 1.12 bits per heavy atom. The van der Waals surface area contributed by atoms with E-state index in [2.05, 4.69) is 10.6 Å². The number of rotatable bonds is 8. The van der Waals surface area contributed by atoms with Crippen LogP contribution in [0, 0.1) is 5.92 Å². The van der Waals surface area contributed by atoms with Crippen LogP contribution < -0.4 is 10.6 Å². The first kappa shape index (κ1) is 19.5. The number of benzene rings is 1. The fourth-order valence-electron chi connectivity index (χ4n) is 1.96. The Hall–Kier alpha value is -2.57. The topological polar surface area (TPSA) is 105 Å². The molecule has 1 aromatic rings. The number of hydrogen-bond donors (Lipinski definition) is 3.